The monoisotopic (exact) mass is 336 g/mol. The van der Waals surface area contributed by atoms with Crippen LogP contribution in [0.3, 0.4) is 0 Å². The average molecular weight is 336 g/mol. The molecule has 128 valence electrons. The smallest absolute Gasteiger partial charge is 0.289 e. The van der Waals surface area contributed by atoms with Crippen molar-refractivity contribution in [2.75, 3.05) is 19.6 Å². The van der Waals surface area contributed by atoms with Gasteiger partial charge in [-0.3, -0.25) is 4.79 Å². The van der Waals surface area contributed by atoms with E-state index in [0.717, 1.165) is 17.8 Å². The number of hydrogen-bond donors (Lipinski definition) is 1. The van der Waals surface area contributed by atoms with Crippen molar-refractivity contribution in [2.45, 2.75) is 13.0 Å². The summed E-state index contributed by atoms with van der Waals surface area (Å²) in [6.07, 6.45) is 3.64. The molecule has 1 N–H and O–H groups in total. The SMILES string of the molecule is C[C@H]1CN(C(=O)c2ccc(-c3cnn(-c4ccccc4)c3)o2)CCN1. The van der Waals surface area contributed by atoms with Gasteiger partial charge in [0.15, 0.2) is 5.76 Å². The molecule has 3 heterocycles. The maximum atomic E-state index is 12.6. The number of benzene rings is 1. The van der Waals surface area contributed by atoms with Crippen molar-refractivity contribution in [1.82, 2.24) is 20.0 Å². The minimum atomic E-state index is -0.0601. The maximum absolute atomic E-state index is 12.6. The summed E-state index contributed by atoms with van der Waals surface area (Å²) in [6.45, 7) is 4.28. The molecule has 6 nitrogen and oxygen atoms in total. The van der Waals surface area contributed by atoms with Gasteiger partial charge < -0.3 is 14.6 Å². The minimum absolute atomic E-state index is 0.0601. The quantitative estimate of drug-likeness (QED) is 0.798. The van der Waals surface area contributed by atoms with E-state index in [4.69, 9.17) is 4.42 Å². The highest BCUT2D eigenvalue weighted by Crippen LogP contribution is 2.23. The van der Waals surface area contributed by atoms with Crippen LogP contribution >= 0.6 is 0 Å². The summed E-state index contributed by atoms with van der Waals surface area (Å²) < 4.78 is 7.59. The molecular formula is C19H20N4O2. The summed E-state index contributed by atoms with van der Waals surface area (Å²) >= 11 is 0. The van der Waals surface area contributed by atoms with Crippen molar-refractivity contribution in [3.63, 3.8) is 0 Å². The molecule has 3 aromatic rings. The first kappa shape index (κ1) is 15.7. The molecule has 0 unspecified atom stereocenters. The Balaban J connectivity index is 1.53. The van der Waals surface area contributed by atoms with E-state index in [0.29, 0.717) is 30.7 Å². The van der Waals surface area contributed by atoms with E-state index < -0.39 is 0 Å². The highest BCUT2D eigenvalue weighted by atomic mass is 16.4. The van der Waals surface area contributed by atoms with E-state index in [1.807, 2.05) is 47.5 Å². The van der Waals surface area contributed by atoms with E-state index in [-0.39, 0.29) is 5.91 Å². The van der Waals surface area contributed by atoms with E-state index >= 15 is 0 Å². The molecule has 1 saturated heterocycles. The Bertz CT molecular complexity index is 868. The lowest BCUT2D eigenvalue weighted by atomic mass is 10.2. The van der Waals surface area contributed by atoms with Crippen molar-refractivity contribution in [3.05, 3.63) is 60.6 Å². The van der Waals surface area contributed by atoms with Crippen LogP contribution in [-0.2, 0) is 0 Å². The van der Waals surface area contributed by atoms with Crippen molar-refractivity contribution in [3.8, 4) is 17.0 Å². The Hall–Kier alpha value is -2.86. The molecule has 0 spiro atoms. The number of carbonyl (C=O) groups is 1. The third kappa shape index (κ3) is 3.21. The Kier molecular flexibility index (Phi) is 4.11. The fraction of sp³-hybridized carbons (Fsp3) is 0.263. The first-order chi connectivity index (χ1) is 12.2. The molecule has 0 radical (unpaired) electrons. The van der Waals surface area contributed by atoms with Crippen molar-refractivity contribution in [2.24, 2.45) is 0 Å². The van der Waals surface area contributed by atoms with Gasteiger partial charge in [0.2, 0.25) is 0 Å². The topological polar surface area (TPSA) is 63.3 Å². The Morgan fingerprint density at radius 2 is 2.08 bits per heavy atom. The molecule has 0 aliphatic carbocycles. The Labute approximate surface area is 146 Å². The summed E-state index contributed by atoms with van der Waals surface area (Å²) in [5, 5.41) is 7.70. The number of carbonyl (C=O) groups excluding carboxylic acids is 1. The highest BCUT2D eigenvalue weighted by Gasteiger charge is 2.24. The predicted molar refractivity (Wildman–Crippen MR) is 94.6 cm³/mol. The van der Waals surface area contributed by atoms with Gasteiger partial charge in [-0.05, 0) is 31.2 Å². The summed E-state index contributed by atoms with van der Waals surface area (Å²) in [4.78, 5) is 14.4. The van der Waals surface area contributed by atoms with Gasteiger partial charge in [0, 0.05) is 31.9 Å². The molecule has 1 aliphatic rings. The fourth-order valence-corrected chi connectivity index (χ4v) is 3.05. The number of rotatable bonds is 3. The molecule has 1 aromatic carbocycles. The van der Waals surface area contributed by atoms with Gasteiger partial charge in [-0.1, -0.05) is 18.2 Å². The van der Waals surface area contributed by atoms with Gasteiger partial charge in [0.05, 0.1) is 17.4 Å². The lowest BCUT2D eigenvalue weighted by Crippen LogP contribution is -2.51. The van der Waals surface area contributed by atoms with Gasteiger partial charge in [-0.15, -0.1) is 0 Å². The molecule has 1 amide bonds. The maximum Gasteiger partial charge on any atom is 0.289 e. The first-order valence-corrected chi connectivity index (χ1v) is 8.43. The average Bonchev–Trinajstić information content (AvgIpc) is 3.31. The number of piperazine rings is 1. The van der Waals surface area contributed by atoms with E-state index in [9.17, 15) is 4.79 Å². The summed E-state index contributed by atoms with van der Waals surface area (Å²) in [7, 11) is 0. The zero-order valence-electron chi connectivity index (χ0n) is 14.1. The summed E-state index contributed by atoms with van der Waals surface area (Å²) in [5.74, 6) is 0.959. The molecule has 25 heavy (non-hydrogen) atoms. The Morgan fingerprint density at radius 3 is 2.88 bits per heavy atom. The van der Waals surface area contributed by atoms with Gasteiger partial charge in [-0.25, -0.2) is 4.68 Å². The molecule has 6 heteroatoms. The van der Waals surface area contributed by atoms with E-state index in [1.165, 1.54) is 0 Å². The van der Waals surface area contributed by atoms with Crippen LogP contribution in [0.5, 0.6) is 0 Å². The highest BCUT2D eigenvalue weighted by molar-refractivity contribution is 5.92. The van der Waals surface area contributed by atoms with Crippen molar-refractivity contribution >= 4 is 5.91 Å². The molecule has 4 rings (SSSR count). The predicted octanol–water partition coefficient (Wildman–Crippen LogP) is 2.57. The second-order valence-corrected chi connectivity index (χ2v) is 6.28. The van der Waals surface area contributed by atoms with Crippen LogP contribution in [0.4, 0.5) is 0 Å². The molecule has 2 aromatic heterocycles. The summed E-state index contributed by atoms with van der Waals surface area (Å²) in [5.41, 5.74) is 1.82. The van der Waals surface area contributed by atoms with Gasteiger partial charge in [0.1, 0.15) is 5.76 Å². The zero-order valence-corrected chi connectivity index (χ0v) is 14.1. The van der Waals surface area contributed by atoms with Crippen LogP contribution in [0.1, 0.15) is 17.5 Å². The van der Waals surface area contributed by atoms with Crippen LogP contribution in [0, 0.1) is 0 Å². The Morgan fingerprint density at radius 1 is 1.24 bits per heavy atom. The molecule has 0 bridgehead atoms. The summed E-state index contributed by atoms with van der Waals surface area (Å²) in [6, 6.07) is 13.7. The van der Waals surface area contributed by atoms with E-state index in [1.54, 1.807) is 16.9 Å². The van der Waals surface area contributed by atoms with Crippen LogP contribution < -0.4 is 5.32 Å². The molecule has 1 atom stereocenters. The third-order valence-electron chi connectivity index (χ3n) is 4.36. The lowest BCUT2D eigenvalue weighted by molar-refractivity contribution is 0.0678. The van der Waals surface area contributed by atoms with Gasteiger partial charge in [0.25, 0.3) is 5.91 Å². The largest absolute Gasteiger partial charge is 0.451 e. The van der Waals surface area contributed by atoms with Crippen LogP contribution in [0.15, 0.2) is 59.3 Å². The molecule has 0 saturated carbocycles. The number of furan rings is 1. The lowest BCUT2D eigenvalue weighted by Gasteiger charge is -2.31. The first-order valence-electron chi connectivity index (χ1n) is 8.43. The second-order valence-electron chi connectivity index (χ2n) is 6.28. The number of para-hydroxylation sites is 1. The third-order valence-corrected chi connectivity index (χ3v) is 4.36. The molecule has 1 fully saturated rings. The number of nitrogens with one attached hydrogen (secondary N) is 1. The number of aromatic nitrogens is 2. The van der Waals surface area contributed by atoms with Crippen LogP contribution in [0.25, 0.3) is 17.0 Å². The fourth-order valence-electron chi connectivity index (χ4n) is 3.05. The van der Waals surface area contributed by atoms with Crippen molar-refractivity contribution < 1.29 is 9.21 Å². The standard InChI is InChI=1S/C19H20N4O2/c1-14-12-22(10-9-20-14)19(24)18-8-7-17(25-18)15-11-21-23(13-15)16-5-3-2-4-6-16/h2-8,11,13-14,20H,9-10,12H2,1H3/t14-/m0/s1. The van der Waals surface area contributed by atoms with Crippen molar-refractivity contribution in [1.29, 1.82) is 0 Å². The zero-order chi connectivity index (χ0) is 17.2. The molecular weight excluding hydrogens is 316 g/mol. The number of amides is 1. The number of nitrogens with zero attached hydrogens (tertiary/aromatic N) is 3. The molecule has 1 aliphatic heterocycles. The van der Waals surface area contributed by atoms with Gasteiger partial charge in [-0.2, -0.15) is 5.10 Å². The van der Waals surface area contributed by atoms with Crippen LogP contribution in [0.2, 0.25) is 0 Å². The van der Waals surface area contributed by atoms with E-state index in [2.05, 4.69) is 17.3 Å². The minimum Gasteiger partial charge on any atom is -0.451 e. The normalized spacial score (nSPS) is 17.6. The van der Waals surface area contributed by atoms with Crippen LogP contribution in [-0.4, -0.2) is 46.3 Å². The van der Waals surface area contributed by atoms with Gasteiger partial charge >= 0.3 is 0 Å². The second kappa shape index (κ2) is 6.57. The number of hydrogen-bond acceptors (Lipinski definition) is 4.